The lowest BCUT2D eigenvalue weighted by Crippen LogP contribution is -2.47. The van der Waals surface area contributed by atoms with Crippen molar-refractivity contribution < 1.29 is 87.1 Å². The topological polar surface area (TPSA) is 363 Å². The lowest BCUT2D eigenvalue weighted by Gasteiger charge is -2.33. The highest BCUT2D eigenvalue weighted by molar-refractivity contribution is 14.1. The number of hydrogen-bond acceptors (Lipinski definition) is 18. The summed E-state index contributed by atoms with van der Waals surface area (Å²) >= 11 is 8.51. The van der Waals surface area contributed by atoms with Crippen molar-refractivity contribution in [3.8, 4) is 0 Å². The Balaban J connectivity index is 0.000000209. The minimum atomic E-state index is -1.54. The van der Waals surface area contributed by atoms with E-state index in [0.717, 1.165) is 62.1 Å². The van der Waals surface area contributed by atoms with Crippen molar-refractivity contribution in [3.63, 3.8) is 0 Å². The van der Waals surface area contributed by atoms with Crippen LogP contribution in [0, 0.1) is 0 Å². The number of halogens is 3. The first-order chi connectivity index (χ1) is 49.5. The molecule has 27 nitrogen and oxygen atoms in total. The van der Waals surface area contributed by atoms with Crippen LogP contribution in [-0.4, -0.2) is 323 Å². The number of urea groups is 4. The maximum atomic E-state index is 14.3. The Bertz CT molecular complexity index is 3530. The molecule has 10 aliphatic rings. The van der Waals surface area contributed by atoms with Gasteiger partial charge in [-0.05, 0) is 130 Å². The van der Waals surface area contributed by atoms with Crippen molar-refractivity contribution in [2.45, 2.75) is 151 Å². The average Bonchev–Trinajstić information content (AvgIpc) is 1.77. The average molecular weight is 1730 g/mol. The number of aliphatic hydroxyl groups excluding tert-OH is 5. The monoisotopic (exact) mass is 1730 g/mol. The summed E-state index contributed by atoms with van der Waals surface area (Å²) in [6.45, 7) is 34.5. The van der Waals surface area contributed by atoms with Gasteiger partial charge >= 0.3 is 24.1 Å². The molecule has 10 heterocycles. The maximum absolute atomic E-state index is 14.3. The summed E-state index contributed by atoms with van der Waals surface area (Å²) in [6, 6.07) is -1.39. The largest absolute Gasteiger partial charge is 0.389 e. The fraction of sp³-hybridized carbons (Fsp3) is 0.583. The molecule has 0 aromatic carbocycles. The number of amides is 9. The van der Waals surface area contributed by atoms with E-state index >= 15 is 0 Å². The molecule has 0 aromatic heterocycles. The summed E-state index contributed by atoms with van der Waals surface area (Å²) in [4.78, 5) is 57.9. The first-order valence-electron chi connectivity index (χ1n) is 34.9. The molecule has 10 rings (SSSR count). The molecule has 5 fully saturated rings. The van der Waals surface area contributed by atoms with Crippen molar-refractivity contribution in [1.82, 2.24) is 52.8 Å². The van der Waals surface area contributed by atoms with Crippen molar-refractivity contribution >= 4 is 130 Å². The van der Waals surface area contributed by atoms with Crippen LogP contribution in [0.3, 0.4) is 0 Å². The third-order valence-corrected chi connectivity index (χ3v) is 27.8. The highest BCUT2D eigenvalue weighted by Gasteiger charge is 2.51. The highest BCUT2D eigenvalue weighted by atomic mass is 127. The Morgan fingerprint density at radius 3 is 1.14 bits per heavy atom. The molecular weight excluding hydrogens is 1610 g/mol. The molecule has 5 unspecified atom stereocenters. The van der Waals surface area contributed by atoms with Gasteiger partial charge in [-0.2, -0.15) is 0 Å². The maximum Gasteiger partial charge on any atom is 0.323 e. The molecule has 35 heteroatoms. The molecule has 0 spiro atoms. The van der Waals surface area contributed by atoms with Gasteiger partial charge < -0.3 is 111 Å². The Kier molecular flexibility index (Phi) is 33.4. The molecule has 0 aliphatic carbocycles. The molecule has 9 amide bonds. The number of hydrogen-bond donors (Lipinski definition) is 14. The van der Waals surface area contributed by atoms with Gasteiger partial charge in [-0.1, -0.05) is 55.5 Å². The quantitative estimate of drug-likeness (QED) is 0.0332. The normalized spacial score (nSPS) is 33.0. The molecule has 5 saturated heterocycles. The van der Waals surface area contributed by atoms with Crippen LogP contribution in [0.5, 0.6) is 0 Å². The zero-order valence-corrected chi connectivity index (χ0v) is 71.0. The molecule has 0 bridgehead atoms. The van der Waals surface area contributed by atoms with Gasteiger partial charge in [0.05, 0.1) is 52.0 Å². The molecule has 602 valence electrons. The minimum Gasteiger partial charge on any atom is -0.389 e. The van der Waals surface area contributed by atoms with Gasteiger partial charge in [0.15, 0.2) is 12.4 Å². The van der Waals surface area contributed by atoms with E-state index in [2.05, 4.69) is 201 Å². The van der Waals surface area contributed by atoms with E-state index < -0.39 is 125 Å². The van der Waals surface area contributed by atoms with Gasteiger partial charge in [0.2, 0.25) is 0 Å². The van der Waals surface area contributed by atoms with E-state index in [1.54, 1.807) is 37.7 Å². The van der Waals surface area contributed by atoms with Crippen molar-refractivity contribution in [2.24, 2.45) is 0 Å². The summed E-state index contributed by atoms with van der Waals surface area (Å²) in [7, 11) is 3.09. The molecule has 0 saturated carbocycles. The van der Waals surface area contributed by atoms with E-state index in [1.165, 1.54) is 18.5 Å². The van der Waals surface area contributed by atoms with Crippen molar-refractivity contribution in [3.05, 3.63) is 121 Å². The predicted octanol–water partition coefficient (Wildman–Crippen LogP) is 6.06. The van der Waals surface area contributed by atoms with Crippen LogP contribution in [0.1, 0.15) is 32.1 Å². The van der Waals surface area contributed by atoms with Crippen LogP contribution in [0.4, 0.5) is 23.6 Å². The third-order valence-electron chi connectivity index (χ3n) is 18.6. The molecule has 20 atom stereocenters. The number of rotatable bonds is 22. The van der Waals surface area contributed by atoms with E-state index in [9.17, 15) is 53.9 Å². The zero-order valence-electron chi connectivity index (χ0n) is 63.6. The second-order valence-electron chi connectivity index (χ2n) is 31.2. The number of aliphatic hydroxyl groups is 5. The fourth-order valence-electron chi connectivity index (χ4n) is 12.6. The Hall–Kier alpha value is -4.28. The van der Waals surface area contributed by atoms with Crippen LogP contribution >= 0.6 is 68.6 Å². The molecular formula is C72H116ClFIN10O17P5. The van der Waals surface area contributed by atoms with Gasteiger partial charge in [-0.3, -0.25) is 4.79 Å². The molecule has 10 aliphatic heterocycles. The van der Waals surface area contributed by atoms with Crippen LogP contribution in [-0.2, 0) is 38.0 Å². The minimum absolute atomic E-state index is 0.0707. The SMILES string of the molecule is C=C1NC(=O)C=CN1C1O[C@H](CCP(=C)(C)C)[C@@H](O)[C@H]1OC.C=C1NC(=O)NC=C1C1O[C@H](CCP(=C)(C)C)[C@@H](O)[C@H]1Cl.C=C1NC(=O)NC=C1C1O[C@H](CCP(=C)(C)C)[C@@H](O)[C@H]1F.C=C1NC(=O)NC=C1C1O[C@H](CCP(=C)(C)C)[C@@H](O)[C@H]1I.C=C1NC(=O)NC=C1C1O[C@H](CCP(=C)(C)C)[C@@H](O)[C@H]1OC. The van der Waals surface area contributed by atoms with Crippen LogP contribution in [0.15, 0.2) is 121 Å². The van der Waals surface area contributed by atoms with Gasteiger partial charge in [-0.15, -0.1) is 77.5 Å². The summed E-state index contributed by atoms with van der Waals surface area (Å²) in [5.41, 5.74) is 4.32. The van der Waals surface area contributed by atoms with E-state index in [1.807, 2.05) is 0 Å². The molecule has 0 radical (unpaired) electrons. The highest BCUT2D eigenvalue weighted by Crippen LogP contribution is 2.45. The number of ether oxygens (including phenoxy) is 7. The second kappa shape index (κ2) is 39.0. The summed E-state index contributed by atoms with van der Waals surface area (Å²) in [5, 5.41) is 74.1. The van der Waals surface area contributed by atoms with E-state index in [0.29, 0.717) is 51.7 Å². The second-order valence-corrected chi connectivity index (χ2v) is 54.8. The number of nitrogens with one attached hydrogen (secondary N) is 9. The standard InChI is InChI=1S/2C15H25N2O4P.C14H22ClN2O3P.C14H22FN2O3P.C14H22IN2O3P/c1-10-16-12(18)6-8-17(10)15-14(20-2)13(19)11(21-15)7-9-22(3,4)5;1-9-10(8-16-15(19)17-9)13-14(20-2)12(18)11(21-13)6-7-22(3,4)5;3*1-8-9(7-16-14(19)17-8)13-11(15)12(18)10(20-13)5-6-21(2,3)4/h6,8,11,13-15,19H,1,3,7,9H2,2,4-5H3,(H,16,18);8,11-14,18H,1,3,6-7H2,2,4-5H3,(H2,16,17,19);3*7,10-13,18H,1-2,5-6H2,3-4H3,(H2,16,17,19)/t11-,13-,14-,15?;11-,12-,13?,14-;3*10-,11-,12-,13?/m11111/s1. The first-order valence-corrected chi connectivity index (χ1v) is 51.8. The number of methoxy groups -OCH3 is 2. The number of nitrogens with zero attached hydrogens (tertiary/aromatic N) is 1. The number of alkyl halides is 3. The Morgan fingerprint density at radius 2 is 0.766 bits per heavy atom. The summed E-state index contributed by atoms with van der Waals surface area (Å²) in [6.07, 6.45) is 27.4. The van der Waals surface area contributed by atoms with Crippen LogP contribution in [0.25, 0.3) is 0 Å². The molecule has 0 aromatic rings. The lowest BCUT2D eigenvalue weighted by molar-refractivity contribution is -0.118. The predicted molar refractivity (Wildman–Crippen MR) is 448 cm³/mol. The number of carbonyl (C=O) groups excluding carboxylic acids is 5. The van der Waals surface area contributed by atoms with Gasteiger partial charge in [-0.25, -0.2) is 23.6 Å². The van der Waals surface area contributed by atoms with Gasteiger partial charge in [0.25, 0.3) is 5.91 Å². The molecule has 107 heavy (non-hydrogen) atoms. The lowest BCUT2D eigenvalue weighted by atomic mass is 9.99. The Morgan fingerprint density at radius 1 is 0.458 bits per heavy atom. The zero-order chi connectivity index (χ0) is 80.3. The van der Waals surface area contributed by atoms with E-state index in [-0.39, 0.29) is 58.4 Å². The van der Waals surface area contributed by atoms with Gasteiger partial charge in [0.1, 0.15) is 60.8 Å². The van der Waals surface area contributed by atoms with Gasteiger partial charge in [0, 0.05) is 96.4 Å². The third kappa shape index (κ3) is 26.7. The van der Waals surface area contributed by atoms with Crippen LogP contribution < -0.4 is 47.9 Å². The smallest absolute Gasteiger partial charge is 0.323 e. The summed E-state index contributed by atoms with van der Waals surface area (Å²) < 4.78 is 54.7. The first kappa shape index (κ1) is 91.6. The Labute approximate surface area is 649 Å². The summed E-state index contributed by atoms with van der Waals surface area (Å²) in [5.74, 6) is 0.186. The molecule has 14 N–H and O–H groups in total. The van der Waals surface area contributed by atoms with Crippen molar-refractivity contribution in [2.75, 3.05) is 112 Å². The van der Waals surface area contributed by atoms with Crippen molar-refractivity contribution in [1.29, 1.82) is 0 Å². The fourth-order valence-corrected chi connectivity index (χ4v) is 18.7. The number of carbonyl (C=O) groups is 5. The van der Waals surface area contributed by atoms with Crippen LogP contribution in [0.2, 0.25) is 0 Å². The van der Waals surface area contributed by atoms with E-state index in [4.69, 9.17) is 44.8 Å².